The molecule has 0 saturated heterocycles. The van der Waals surface area contributed by atoms with Crippen molar-refractivity contribution in [1.29, 1.82) is 0 Å². The van der Waals surface area contributed by atoms with E-state index in [1.807, 2.05) is 24.3 Å². The Balaban J connectivity index is 1.20. The first-order valence-electron chi connectivity index (χ1n) is 47.2. The van der Waals surface area contributed by atoms with Crippen LogP contribution in [0.15, 0.2) is 97.1 Å². The third-order valence-electron chi connectivity index (χ3n) is 23.2. The molecule has 0 saturated carbocycles. The van der Waals surface area contributed by atoms with E-state index < -0.39 is 11.9 Å². The summed E-state index contributed by atoms with van der Waals surface area (Å²) in [5.74, 6) is -0.929. The topological polar surface area (TPSA) is 93.2 Å². The second kappa shape index (κ2) is 69.5. The second-order valence-electron chi connectivity index (χ2n) is 33.1. The Hall–Kier alpha value is -5.24. The van der Waals surface area contributed by atoms with E-state index in [9.17, 15) is 19.2 Å². The highest BCUT2D eigenvalue weighted by atomic mass is 16.5. The molecule has 4 rings (SSSR count). The molecule has 0 spiro atoms. The fourth-order valence-electron chi connectivity index (χ4n) is 15.9. The van der Waals surface area contributed by atoms with E-state index >= 15 is 0 Å². The molecule has 4 aromatic carbocycles. The third kappa shape index (κ3) is 51.2. The predicted octanol–water partition coefficient (Wildman–Crippen LogP) is 32.2. The van der Waals surface area contributed by atoms with E-state index in [1.165, 1.54) is 411 Å². The van der Waals surface area contributed by atoms with Gasteiger partial charge in [-0.15, -0.1) is 0 Å². The van der Waals surface area contributed by atoms with Crippen LogP contribution in [-0.4, -0.2) is 49.7 Å². The molecule has 0 heterocycles. The van der Waals surface area contributed by atoms with Crippen LogP contribution in [0.1, 0.15) is 486 Å². The molecule has 0 aliphatic heterocycles. The summed E-state index contributed by atoms with van der Waals surface area (Å²) >= 11 is 0. The van der Waals surface area contributed by atoms with Crippen LogP contribution in [0.3, 0.4) is 0 Å². The second-order valence-corrected chi connectivity index (χ2v) is 33.1. The average molecular weight is 1500 g/mol. The normalized spacial score (nSPS) is 11.4. The molecule has 0 aromatic heterocycles. The smallest absolute Gasteiger partial charge is 0.343 e. The van der Waals surface area contributed by atoms with Crippen LogP contribution in [-0.2, 0) is 0 Å². The first-order valence-corrected chi connectivity index (χ1v) is 47.2. The van der Waals surface area contributed by atoms with Crippen molar-refractivity contribution in [2.75, 3.05) is 36.0 Å². The number of nitrogens with zero attached hydrogens (tertiary/aromatic N) is 2. The Kier molecular flexibility index (Phi) is 61.3. The number of rotatable bonds is 78. The summed E-state index contributed by atoms with van der Waals surface area (Å²) in [6, 6.07) is 28.7. The van der Waals surface area contributed by atoms with Gasteiger partial charge < -0.3 is 19.3 Å². The first kappa shape index (κ1) is 96.1. The number of hydrogen-bond acceptors (Lipinski definition) is 8. The zero-order valence-corrected chi connectivity index (χ0v) is 71.4. The molecule has 109 heavy (non-hydrogen) atoms. The van der Waals surface area contributed by atoms with Crippen LogP contribution in [0.4, 0.5) is 11.4 Å². The van der Waals surface area contributed by atoms with Gasteiger partial charge in [0.15, 0.2) is 11.6 Å². The average Bonchev–Trinajstić information content (AvgIpc) is 0.856. The van der Waals surface area contributed by atoms with E-state index in [4.69, 9.17) is 9.47 Å². The van der Waals surface area contributed by atoms with Crippen molar-refractivity contribution in [2.45, 2.75) is 445 Å². The summed E-state index contributed by atoms with van der Waals surface area (Å²) in [6.07, 6.45) is 86.9. The van der Waals surface area contributed by atoms with Crippen LogP contribution >= 0.6 is 0 Å². The van der Waals surface area contributed by atoms with Gasteiger partial charge in [-0.1, -0.05) is 413 Å². The van der Waals surface area contributed by atoms with Gasteiger partial charge in [-0.25, -0.2) is 9.59 Å². The molecule has 0 aliphatic carbocycles. The van der Waals surface area contributed by atoms with Crippen molar-refractivity contribution in [1.82, 2.24) is 0 Å². The summed E-state index contributed by atoms with van der Waals surface area (Å²) in [6.45, 7) is 13.3. The van der Waals surface area contributed by atoms with E-state index in [-0.39, 0.29) is 18.0 Å². The molecule has 0 aliphatic rings. The lowest BCUT2D eigenvalue weighted by molar-refractivity contribution is 0.0725. The number of esters is 2. The number of ether oxygens (including phenoxy) is 2. The van der Waals surface area contributed by atoms with Gasteiger partial charge in [-0.2, -0.15) is 0 Å². The lowest BCUT2D eigenvalue weighted by Crippen LogP contribution is -2.25. The third-order valence-corrected chi connectivity index (χ3v) is 23.2. The van der Waals surface area contributed by atoms with E-state index in [2.05, 4.69) is 61.8 Å². The molecule has 8 nitrogen and oxygen atoms in total. The quantitative estimate of drug-likeness (QED) is 0.0142. The molecule has 0 amide bonds. The molecular weight excluding hydrogens is 1340 g/mol. The Morgan fingerprint density at radius 3 is 0.532 bits per heavy atom. The van der Waals surface area contributed by atoms with E-state index in [0.29, 0.717) is 33.8 Å². The Labute approximate surface area is 671 Å². The summed E-state index contributed by atoms with van der Waals surface area (Å²) < 4.78 is 11.6. The number of ketones is 2. The van der Waals surface area contributed by atoms with Gasteiger partial charge in [-0.05, 0) is 123 Å². The van der Waals surface area contributed by atoms with Crippen molar-refractivity contribution >= 4 is 34.9 Å². The van der Waals surface area contributed by atoms with E-state index in [0.717, 1.165) is 37.6 Å². The van der Waals surface area contributed by atoms with Crippen molar-refractivity contribution < 1.29 is 28.7 Å². The lowest BCUT2D eigenvalue weighted by Gasteiger charge is -2.25. The largest absolute Gasteiger partial charge is 0.423 e. The number of hydrogen-bond donors (Lipinski definition) is 0. The zero-order chi connectivity index (χ0) is 77.6. The minimum absolute atomic E-state index is 0.329. The van der Waals surface area contributed by atoms with Crippen LogP contribution in [0.2, 0.25) is 0 Å². The molecule has 0 bridgehead atoms. The predicted molar refractivity (Wildman–Crippen MR) is 472 cm³/mol. The molecule has 4 aromatic rings. The van der Waals surface area contributed by atoms with Crippen LogP contribution in [0, 0.1) is 0 Å². The minimum atomic E-state index is -0.455. The van der Waals surface area contributed by atoms with Gasteiger partial charge in [0.2, 0.25) is 0 Å². The fraction of sp³-hybridized carbons (Fsp3) is 0.723. The standard InChI is InChI=1S/C101H166N2O6/c1-5-9-13-17-21-25-29-33-37-41-45-49-53-57-61-65-85-102(86-66-62-58-54-50-46-42-38-34-30-26-22-18-14-10-6-2)94-77-69-92(70-78-94)100(106)108-96-81-73-90(74-82-96)98(104)89-99(105)91-75-83-97(84-76-91)109-101(107)93-71-79-95(80-72-93)103(87-67-63-59-55-51-47-43-39-35-31-27-23-19-15-11-7-3)88-68-64-60-56-52-48-44-40-36-32-28-24-20-16-12-8-4/h69-84H,5-68,85-89H2,1-4H3. The Bertz CT molecular complexity index is 2480. The highest BCUT2D eigenvalue weighted by Gasteiger charge is 2.18. The summed E-state index contributed by atoms with van der Waals surface area (Å²) in [5, 5.41) is 0. The maximum absolute atomic E-state index is 13.5. The Morgan fingerprint density at radius 2 is 0.358 bits per heavy atom. The molecule has 8 heteroatoms. The maximum Gasteiger partial charge on any atom is 0.343 e. The lowest BCUT2D eigenvalue weighted by atomic mass is 10.0. The zero-order valence-electron chi connectivity index (χ0n) is 71.4. The number of carbonyl (C=O) groups is 4. The van der Waals surface area contributed by atoms with Crippen molar-refractivity contribution in [3.8, 4) is 11.5 Å². The molecule has 616 valence electrons. The molecule has 0 atom stereocenters. The molecule has 0 fully saturated rings. The molecule has 0 N–H and O–H groups in total. The fourth-order valence-corrected chi connectivity index (χ4v) is 15.9. The first-order chi connectivity index (χ1) is 53.8. The van der Waals surface area contributed by atoms with E-state index in [1.54, 1.807) is 48.5 Å². The van der Waals surface area contributed by atoms with Crippen molar-refractivity contribution in [3.05, 3.63) is 119 Å². The molecule has 0 unspecified atom stereocenters. The number of anilines is 2. The van der Waals surface area contributed by atoms with Gasteiger partial charge >= 0.3 is 11.9 Å². The number of unbranched alkanes of at least 4 members (excludes halogenated alkanes) is 60. The summed E-state index contributed by atoms with van der Waals surface area (Å²) in [7, 11) is 0. The van der Waals surface area contributed by atoms with Crippen molar-refractivity contribution in [2.24, 2.45) is 0 Å². The van der Waals surface area contributed by atoms with Gasteiger partial charge in [0.05, 0.1) is 17.5 Å². The number of Topliss-reactive ketones (excluding diaryl/α,β-unsaturated/α-hetero) is 2. The number of benzene rings is 4. The summed E-state index contributed by atoms with van der Waals surface area (Å²) in [4.78, 5) is 59.0. The number of carbonyl (C=O) groups excluding carboxylic acids is 4. The maximum atomic E-state index is 13.5. The van der Waals surface area contributed by atoms with Crippen LogP contribution in [0.25, 0.3) is 0 Å². The van der Waals surface area contributed by atoms with Gasteiger partial charge in [0, 0.05) is 48.7 Å². The molecule has 0 radical (unpaired) electrons. The van der Waals surface area contributed by atoms with Crippen LogP contribution < -0.4 is 19.3 Å². The Morgan fingerprint density at radius 1 is 0.202 bits per heavy atom. The summed E-state index contributed by atoms with van der Waals surface area (Å²) in [5.41, 5.74) is 3.96. The van der Waals surface area contributed by atoms with Gasteiger partial charge in [0.1, 0.15) is 11.5 Å². The van der Waals surface area contributed by atoms with Crippen molar-refractivity contribution in [3.63, 3.8) is 0 Å². The minimum Gasteiger partial charge on any atom is -0.423 e. The molecular formula is C101H166N2O6. The SMILES string of the molecule is CCCCCCCCCCCCCCCCCCN(CCCCCCCCCCCCCCCCCC)c1ccc(C(=O)Oc2ccc(C(=O)CC(=O)c3ccc(OC(=O)c4ccc(N(CCCCCCCCCCCCCCCCCC)CCCCCCCCCCCCCCCCCC)cc4)cc3)cc2)cc1. The monoisotopic (exact) mass is 1500 g/mol. The highest BCUT2D eigenvalue weighted by Crippen LogP contribution is 2.27. The van der Waals surface area contributed by atoms with Crippen LogP contribution in [0.5, 0.6) is 11.5 Å². The van der Waals surface area contributed by atoms with Gasteiger partial charge in [0.25, 0.3) is 0 Å². The van der Waals surface area contributed by atoms with Gasteiger partial charge in [-0.3, -0.25) is 9.59 Å². The highest BCUT2D eigenvalue weighted by molar-refractivity contribution is 6.13.